The van der Waals surface area contributed by atoms with Gasteiger partial charge in [0.05, 0.1) is 23.1 Å². The van der Waals surface area contributed by atoms with Gasteiger partial charge in [-0.1, -0.05) is 0 Å². The molecule has 1 rings (SSSR count). The van der Waals surface area contributed by atoms with Gasteiger partial charge in [0.15, 0.2) is 0 Å². The van der Waals surface area contributed by atoms with E-state index < -0.39 is 46.2 Å². The van der Waals surface area contributed by atoms with Gasteiger partial charge in [-0.2, -0.15) is 4.39 Å². The second-order valence-corrected chi connectivity index (χ2v) is 4.45. The van der Waals surface area contributed by atoms with Gasteiger partial charge in [-0.3, -0.25) is 19.7 Å². The van der Waals surface area contributed by atoms with Gasteiger partial charge < -0.3 is 10.6 Å². The number of amides is 2. The molecule has 2 amide bonds. The van der Waals surface area contributed by atoms with Crippen LogP contribution in [-0.2, 0) is 4.79 Å². The summed E-state index contributed by atoms with van der Waals surface area (Å²) in [6.07, 6.45) is 0. The predicted molar refractivity (Wildman–Crippen MR) is 68.6 cm³/mol. The quantitative estimate of drug-likeness (QED) is 0.628. The Bertz CT molecular complexity index is 590. The summed E-state index contributed by atoms with van der Waals surface area (Å²) in [6, 6.07) is 0.602. The van der Waals surface area contributed by atoms with E-state index in [1.165, 1.54) is 0 Å². The highest BCUT2D eigenvalue weighted by Crippen LogP contribution is 2.21. The molecule has 1 aromatic carbocycles. The van der Waals surface area contributed by atoms with Gasteiger partial charge in [-0.15, -0.1) is 0 Å². The highest BCUT2D eigenvalue weighted by atomic mass is 19.1. The normalized spacial score (nSPS) is 10.3. The van der Waals surface area contributed by atoms with E-state index in [0.29, 0.717) is 12.1 Å². The van der Waals surface area contributed by atoms with Gasteiger partial charge in [-0.05, 0) is 19.9 Å². The monoisotopic (exact) mass is 301 g/mol. The molecule has 0 aliphatic rings. The molecule has 9 heteroatoms. The second kappa shape index (κ2) is 6.73. The molecule has 114 valence electrons. The standard InChI is InChI=1S/C12H13F2N3O4/c1-6(2)16-11(18)5-15-12(19)7-3-9(14)10(17(20)21)4-8(7)13/h3-4,6H,5H2,1-2H3,(H,15,19)(H,16,18). The molecule has 0 aromatic heterocycles. The molecular formula is C12H13F2N3O4. The number of carbonyl (C=O) groups is 2. The number of nitro groups is 1. The van der Waals surface area contributed by atoms with Crippen molar-refractivity contribution in [2.45, 2.75) is 19.9 Å². The van der Waals surface area contributed by atoms with E-state index in [0.717, 1.165) is 0 Å². The van der Waals surface area contributed by atoms with Gasteiger partial charge in [0.1, 0.15) is 5.82 Å². The lowest BCUT2D eigenvalue weighted by Crippen LogP contribution is -2.40. The molecule has 7 nitrogen and oxygen atoms in total. The summed E-state index contributed by atoms with van der Waals surface area (Å²) in [4.78, 5) is 32.2. The van der Waals surface area contributed by atoms with Crippen LogP contribution in [0.2, 0.25) is 0 Å². The van der Waals surface area contributed by atoms with E-state index in [1.807, 2.05) is 0 Å². The van der Waals surface area contributed by atoms with E-state index in [-0.39, 0.29) is 6.04 Å². The number of benzene rings is 1. The molecule has 0 fully saturated rings. The van der Waals surface area contributed by atoms with Crippen LogP contribution in [0.3, 0.4) is 0 Å². The molecule has 0 radical (unpaired) electrons. The SMILES string of the molecule is CC(C)NC(=O)CNC(=O)c1cc(F)c([N+](=O)[O-])cc1F. The van der Waals surface area contributed by atoms with Crippen LogP contribution in [0.15, 0.2) is 12.1 Å². The van der Waals surface area contributed by atoms with Crippen molar-refractivity contribution < 1.29 is 23.3 Å². The molecular weight excluding hydrogens is 288 g/mol. The van der Waals surface area contributed by atoms with Crippen LogP contribution in [0, 0.1) is 21.7 Å². The average molecular weight is 301 g/mol. The number of halogens is 2. The number of carbonyl (C=O) groups excluding carboxylic acids is 2. The van der Waals surface area contributed by atoms with E-state index in [2.05, 4.69) is 10.6 Å². The highest BCUT2D eigenvalue weighted by molar-refractivity contribution is 5.96. The van der Waals surface area contributed by atoms with Crippen molar-refractivity contribution in [2.24, 2.45) is 0 Å². The number of hydrogen-bond donors (Lipinski definition) is 2. The van der Waals surface area contributed by atoms with Crippen molar-refractivity contribution in [3.63, 3.8) is 0 Å². The van der Waals surface area contributed by atoms with Crippen molar-refractivity contribution in [2.75, 3.05) is 6.54 Å². The van der Waals surface area contributed by atoms with E-state index in [4.69, 9.17) is 0 Å². The zero-order chi connectivity index (χ0) is 16.2. The Morgan fingerprint density at radius 3 is 2.43 bits per heavy atom. The Labute approximate surface area is 118 Å². The number of nitrogens with one attached hydrogen (secondary N) is 2. The van der Waals surface area contributed by atoms with Crippen LogP contribution in [0.5, 0.6) is 0 Å². The molecule has 0 spiro atoms. The summed E-state index contributed by atoms with van der Waals surface area (Å²) in [5.41, 5.74) is -1.78. The first-order valence-electron chi connectivity index (χ1n) is 5.93. The third-order valence-electron chi connectivity index (χ3n) is 2.34. The minimum absolute atomic E-state index is 0.136. The Kier molecular flexibility index (Phi) is 5.28. The maximum atomic E-state index is 13.5. The summed E-state index contributed by atoms with van der Waals surface area (Å²) in [6.45, 7) is 3.01. The highest BCUT2D eigenvalue weighted by Gasteiger charge is 2.22. The molecule has 0 bridgehead atoms. The van der Waals surface area contributed by atoms with Crippen LogP contribution >= 0.6 is 0 Å². The third-order valence-corrected chi connectivity index (χ3v) is 2.34. The topological polar surface area (TPSA) is 101 Å². The maximum Gasteiger partial charge on any atom is 0.307 e. The lowest BCUT2D eigenvalue weighted by Gasteiger charge is -2.09. The molecule has 0 aliphatic heterocycles. The first-order valence-corrected chi connectivity index (χ1v) is 5.93. The molecule has 1 aromatic rings. The fourth-order valence-corrected chi connectivity index (χ4v) is 1.48. The summed E-state index contributed by atoms with van der Waals surface area (Å²) < 4.78 is 26.9. The van der Waals surface area contributed by atoms with Crippen LogP contribution < -0.4 is 10.6 Å². The van der Waals surface area contributed by atoms with E-state index in [9.17, 15) is 28.5 Å². The molecule has 0 aliphatic carbocycles. The van der Waals surface area contributed by atoms with Crippen molar-refractivity contribution >= 4 is 17.5 Å². The smallest absolute Gasteiger partial charge is 0.307 e. The predicted octanol–water partition coefficient (Wildman–Crippen LogP) is 1.13. The molecule has 0 atom stereocenters. The fourth-order valence-electron chi connectivity index (χ4n) is 1.48. The van der Waals surface area contributed by atoms with Crippen LogP contribution in [-0.4, -0.2) is 29.3 Å². The van der Waals surface area contributed by atoms with E-state index >= 15 is 0 Å². The minimum atomic E-state index is -1.34. The van der Waals surface area contributed by atoms with Crippen molar-refractivity contribution in [3.8, 4) is 0 Å². The summed E-state index contributed by atoms with van der Waals surface area (Å²) in [7, 11) is 0. The lowest BCUT2D eigenvalue weighted by atomic mass is 10.1. The lowest BCUT2D eigenvalue weighted by molar-refractivity contribution is -0.387. The van der Waals surface area contributed by atoms with Crippen molar-refractivity contribution in [1.29, 1.82) is 0 Å². The average Bonchev–Trinajstić information content (AvgIpc) is 2.37. The van der Waals surface area contributed by atoms with Crippen LogP contribution in [0.25, 0.3) is 0 Å². The van der Waals surface area contributed by atoms with Crippen LogP contribution in [0.4, 0.5) is 14.5 Å². The molecule has 0 heterocycles. The molecule has 21 heavy (non-hydrogen) atoms. The summed E-state index contributed by atoms with van der Waals surface area (Å²) in [5.74, 6) is -4.12. The fraction of sp³-hybridized carbons (Fsp3) is 0.333. The van der Waals surface area contributed by atoms with Gasteiger partial charge >= 0.3 is 5.69 Å². The Morgan fingerprint density at radius 2 is 1.90 bits per heavy atom. The summed E-state index contributed by atoms with van der Waals surface area (Å²) >= 11 is 0. The van der Waals surface area contributed by atoms with Crippen molar-refractivity contribution in [1.82, 2.24) is 10.6 Å². The maximum absolute atomic E-state index is 13.5. The Balaban J connectivity index is 2.82. The molecule has 2 N–H and O–H groups in total. The van der Waals surface area contributed by atoms with E-state index in [1.54, 1.807) is 13.8 Å². The first-order chi connectivity index (χ1) is 9.72. The van der Waals surface area contributed by atoms with Gasteiger partial charge in [0.25, 0.3) is 5.91 Å². The number of nitro benzene ring substituents is 1. The Hall–Kier alpha value is -2.58. The van der Waals surface area contributed by atoms with Crippen molar-refractivity contribution in [3.05, 3.63) is 39.4 Å². The molecule has 0 saturated heterocycles. The number of hydrogen-bond acceptors (Lipinski definition) is 4. The van der Waals surface area contributed by atoms with Gasteiger partial charge in [-0.25, -0.2) is 4.39 Å². The number of rotatable bonds is 5. The number of nitrogens with zero attached hydrogens (tertiary/aromatic N) is 1. The second-order valence-electron chi connectivity index (χ2n) is 4.45. The van der Waals surface area contributed by atoms with Crippen LogP contribution in [0.1, 0.15) is 24.2 Å². The minimum Gasteiger partial charge on any atom is -0.352 e. The summed E-state index contributed by atoms with van der Waals surface area (Å²) in [5, 5.41) is 15.0. The zero-order valence-electron chi connectivity index (χ0n) is 11.3. The Morgan fingerprint density at radius 1 is 1.29 bits per heavy atom. The molecule has 0 saturated carbocycles. The largest absolute Gasteiger partial charge is 0.352 e. The first kappa shape index (κ1) is 16.5. The van der Waals surface area contributed by atoms with Gasteiger partial charge in [0.2, 0.25) is 11.7 Å². The zero-order valence-corrected chi connectivity index (χ0v) is 11.3. The van der Waals surface area contributed by atoms with Gasteiger partial charge in [0, 0.05) is 6.04 Å². The molecule has 0 unspecified atom stereocenters. The third kappa shape index (κ3) is 4.48.